The summed E-state index contributed by atoms with van der Waals surface area (Å²) >= 11 is 6.45. The average Bonchev–Trinajstić information content (AvgIpc) is 3.28. The van der Waals surface area contributed by atoms with Gasteiger partial charge in [0.2, 0.25) is 0 Å². The minimum absolute atomic E-state index is 0.0556. The van der Waals surface area contributed by atoms with E-state index in [1.807, 2.05) is 53.3 Å². The lowest BCUT2D eigenvalue weighted by Crippen LogP contribution is -2.30. The maximum atomic E-state index is 12.8. The first-order valence-corrected chi connectivity index (χ1v) is 10.7. The van der Waals surface area contributed by atoms with Gasteiger partial charge in [-0.05, 0) is 23.8 Å². The predicted octanol–water partition coefficient (Wildman–Crippen LogP) is 3.67. The number of carbonyl (C=O) groups is 2. The van der Waals surface area contributed by atoms with E-state index in [1.165, 1.54) is 16.7 Å². The van der Waals surface area contributed by atoms with Crippen LogP contribution in [0.2, 0.25) is 0 Å². The molecule has 3 heterocycles. The molecule has 0 bridgehead atoms. The Labute approximate surface area is 188 Å². The summed E-state index contributed by atoms with van der Waals surface area (Å²) < 4.78 is 2.19. The zero-order valence-electron chi connectivity index (χ0n) is 16.3. The molecule has 0 saturated carbocycles. The van der Waals surface area contributed by atoms with Crippen LogP contribution in [0.5, 0.6) is 0 Å². The number of nitrogens with zero attached hydrogens (tertiary/aromatic N) is 4. The summed E-state index contributed by atoms with van der Waals surface area (Å²) in [4.78, 5) is 29.6. The Kier molecular flexibility index (Phi) is 6.24. The van der Waals surface area contributed by atoms with Crippen molar-refractivity contribution in [3.8, 4) is 11.3 Å². The van der Waals surface area contributed by atoms with Gasteiger partial charge < -0.3 is 5.11 Å². The lowest BCUT2D eigenvalue weighted by atomic mass is 10.1. The number of aliphatic carboxylic acids is 1. The highest BCUT2D eigenvalue weighted by Crippen LogP contribution is 2.34. The van der Waals surface area contributed by atoms with Gasteiger partial charge in [0, 0.05) is 36.3 Å². The van der Waals surface area contributed by atoms with E-state index in [2.05, 4.69) is 4.98 Å². The summed E-state index contributed by atoms with van der Waals surface area (Å²) in [5.74, 6) is -1.26. The number of thioether (sulfide) groups is 1. The summed E-state index contributed by atoms with van der Waals surface area (Å²) in [5.41, 5.74) is 3.42. The molecule has 0 atom stereocenters. The maximum Gasteiger partial charge on any atom is 0.305 e. The minimum atomic E-state index is -0.973. The molecular weight excluding hydrogens is 432 g/mol. The smallest absolute Gasteiger partial charge is 0.305 e. The van der Waals surface area contributed by atoms with Crippen LogP contribution in [0.1, 0.15) is 17.5 Å². The van der Waals surface area contributed by atoms with Gasteiger partial charge in [0.15, 0.2) is 0 Å². The zero-order valence-corrected chi connectivity index (χ0v) is 18.0. The molecule has 0 spiro atoms. The summed E-state index contributed by atoms with van der Waals surface area (Å²) in [6.07, 6.45) is 6.91. The van der Waals surface area contributed by atoms with E-state index in [0.717, 1.165) is 16.7 Å². The Balaban J connectivity index is 1.67. The van der Waals surface area contributed by atoms with Gasteiger partial charge in [-0.3, -0.25) is 24.2 Å². The van der Waals surface area contributed by atoms with Gasteiger partial charge in [0.05, 0.1) is 17.9 Å². The summed E-state index contributed by atoms with van der Waals surface area (Å²) in [6.45, 7) is 0.640. The number of pyridine rings is 1. The number of rotatable bonds is 7. The summed E-state index contributed by atoms with van der Waals surface area (Å²) in [5, 5.41) is 13.6. The van der Waals surface area contributed by atoms with Gasteiger partial charge >= 0.3 is 5.97 Å². The number of carboxylic acids is 1. The van der Waals surface area contributed by atoms with Gasteiger partial charge in [0.25, 0.3) is 5.91 Å². The first-order chi connectivity index (χ1) is 15.0. The molecule has 7 nitrogen and oxygen atoms in total. The van der Waals surface area contributed by atoms with Crippen LogP contribution in [-0.2, 0) is 16.1 Å². The number of hydrogen-bond acceptors (Lipinski definition) is 6. The Morgan fingerprint density at radius 1 is 1.19 bits per heavy atom. The second kappa shape index (κ2) is 9.23. The summed E-state index contributed by atoms with van der Waals surface area (Å²) in [7, 11) is 0. The van der Waals surface area contributed by atoms with Crippen LogP contribution in [0.25, 0.3) is 17.3 Å². The van der Waals surface area contributed by atoms with Gasteiger partial charge in [0.1, 0.15) is 10.0 Å². The highest BCUT2D eigenvalue weighted by Gasteiger charge is 2.32. The van der Waals surface area contributed by atoms with Crippen LogP contribution in [0.15, 0.2) is 66.0 Å². The van der Waals surface area contributed by atoms with Crippen LogP contribution in [0.4, 0.5) is 0 Å². The minimum Gasteiger partial charge on any atom is -0.481 e. The summed E-state index contributed by atoms with van der Waals surface area (Å²) in [6, 6.07) is 13.7. The predicted molar refractivity (Wildman–Crippen MR) is 123 cm³/mol. The van der Waals surface area contributed by atoms with Gasteiger partial charge in [-0.25, -0.2) is 0 Å². The fourth-order valence-corrected chi connectivity index (χ4v) is 4.46. The van der Waals surface area contributed by atoms with E-state index in [1.54, 1.807) is 18.5 Å². The Morgan fingerprint density at radius 3 is 2.71 bits per heavy atom. The van der Waals surface area contributed by atoms with E-state index in [-0.39, 0.29) is 18.9 Å². The maximum absolute atomic E-state index is 12.8. The normalized spacial score (nSPS) is 15.1. The van der Waals surface area contributed by atoms with Crippen LogP contribution < -0.4 is 0 Å². The number of aromatic nitrogens is 3. The Morgan fingerprint density at radius 2 is 2.00 bits per heavy atom. The molecule has 4 rings (SSSR count). The molecule has 156 valence electrons. The zero-order chi connectivity index (χ0) is 21.8. The largest absolute Gasteiger partial charge is 0.481 e. The molecular formula is C22H18N4O3S2. The quantitative estimate of drug-likeness (QED) is 0.434. The third kappa shape index (κ3) is 4.89. The van der Waals surface area contributed by atoms with Crippen molar-refractivity contribution in [2.45, 2.75) is 13.0 Å². The topological polar surface area (TPSA) is 88.3 Å². The molecule has 1 aromatic carbocycles. The lowest BCUT2D eigenvalue weighted by molar-refractivity contribution is -0.137. The molecule has 0 radical (unpaired) electrons. The number of thiocarbonyl (C=S) groups is 1. The molecule has 1 saturated heterocycles. The molecule has 3 aromatic rings. The number of amides is 1. The van der Waals surface area contributed by atoms with Crippen LogP contribution in [0, 0.1) is 0 Å². The van der Waals surface area contributed by atoms with Crippen molar-refractivity contribution in [3.05, 3.63) is 77.1 Å². The van der Waals surface area contributed by atoms with Crippen LogP contribution >= 0.6 is 24.0 Å². The monoisotopic (exact) mass is 450 g/mol. The fraction of sp³-hybridized carbons (Fsp3) is 0.136. The van der Waals surface area contributed by atoms with E-state index in [9.17, 15) is 9.59 Å². The highest BCUT2D eigenvalue weighted by atomic mass is 32.2. The first kappa shape index (κ1) is 21.0. The lowest BCUT2D eigenvalue weighted by Gasteiger charge is -2.12. The van der Waals surface area contributed by atoms with Gasteiger partial charge in [-0.1, -0.05) is 54.3 Å². The van der Waals surface area contributed by atoms with Crippen molar-refractivity contribution >= 4 is 46.3 Å². The van der Waals surface area contributed by atoms with Crippen molar-refractivity contribution in [1.29, 1.82) is 0 Å². The molecule has 31 heavy (non-hydrogen) atoms. The molecule has 2 aromatic heterocycles. The van der Waals surface area contributed by atoms with Gasteiger partial charge in [-0.2, -0.15) is 5.10 Å². The second-order valence-corrected chi connectivity index (χ2v) is 8.51. The van der Waals surface area contributed by atoms with Crippen LogP contribution in [0.3, 0.4) is 0 Å². The molecule has 1 fully saturated rings. The first-order valence-electron chi connectivity index (χ1n) is 9.50. The highest BCUT2D eigenvalue weighted by molar-refractivity contribution is 8.26. The van der Waals surface area contributed by atoms with E-state index in [0.29, 0.717) is 21.5 Å². The second-order valence-electron chi connectivity index (χ2n) is 6.84. The molecule has 9 heteroatoms. The van der Waals surface area contributed by atoms with Crippen molar-refractivity contribution in [2.75, 3.05) is 6.54 Å². The number of carboxylic acid groups (broad SMARTS) is 1. The Hall–Kier alpha value is -3.30. The average molecular weight is 451 g/mol. The third-order valence-corrected chi connectivity index (χ3v) is 6.00. The molecule has 1 amide bonds. The molecule has 0 aliphatic carbocycles. The molecule has 0 unspecified atom stereocenters. The number of hydrogen-bond donors (Lipinski definition) is 1. The molecule has 1 aliphatic heterocycles. The van der Waals surface area contributed by atoms with Crippen molar-refractivity contribution < 1.29 is 14.7 Å². The Bertz CT molecular complexity index is 1160. The number of carbonyl (C=O) groups excluding carboxylic acids is 1. The van der Waals surface area contributed by atoms with Crippen molar-refractivity contribution in [1.82, 2.24) is 19.7 Å². The van der Waals surface area contributed by atoms with Crippen LogP contribution in [-0.4, -0.2) is 47.5 Å². The van der Waals surface area contributed by atoms with E-state index < -0.39 is 5.97 Å². The van der Waals surface area contributed by atoms with E-state index in [4.69, 9.17) is 22.4 Å². The van der Waals surface area contributed by atoms with Crippen molar-refractivity contribution in [2.24, 2.45) is 0 Å². The molecule has 1 aliphatic rings. The number of benzene rings is 1. The van der Waals surface area contributed by atoms with Gasteiger partial charge in [-0.15, -0.1) is 0 Å². The molecule has 1 N–H and O–H groups in total. The standard InChI is InChI=1S/C22H18N4O3S2/c27-19(28)8-10-26-21(29)18(31-22(26)30)11-17-14-25(13-15-5-2-1-3-6-15)24-20(17)16-7-4-9-23-12-16/h1-7,9,11-12,14H,8,10,13H2,(H,27,28)/b18-11+. The van der Waals surface area contributed by atoms with Crippen molar-refractivity contribution in [3.63, 3.8) is 0 Å². The third-order valence-electron chi connectivity index (χ3n) is 4.62. The SMILES string of the molecule is O=C(O)CCN1C(=O)/C(=C\c2cn(Cc3ccccc3)nc2-c2cccnc2)SC1=S. The fourth-order valence-electron chi connectivity index (χ4n) is 3.16. The van der Waals surface area contributed by atoms with E-state index >= 15 is 0 Å².